The average molecular weight is 362 g/mol. The Balaban J connectivity index is 1.41. The Hall–Kier alpha value is -2.99. The van der Waals surface area contributed by atoms with Gasteiger partial charge in [-0.1, -0.05) is 18.2 Å². The minimum atomic E-state index is -0.123. The molecule has 2 N–H and O–H groups in total. The van der Waals surface area contributed by atoms with Crippen LogP contribution in [0.15, 0.2) is 48.9 Å². The van der Waals surface area contributed by atoms with Gasteiger partial charge >= 0.3 is 0 Å². The van der Waals surface area contributed by atoms with Crippen molar-refractivity contribution in [1.29, 1.82) is 0 Å². The van der Waals surface area contributed by atoms with Gasteiger partial charge in [-0.2, -0.15) is 0 Å². The van der Waals surface area contributed by atoms with Crippen LogP contribution in [0.3, 0.4) is 0 Å². The summed E-state index contributed by atoms with van der Waals surface area (Å²) in [6.45, 7) is 2.74. The van der Waals surface area contributed by atoms with Crippen LogP contribution in [-0.2, 0) is 12.8 Å². The number of aliphatic hydroxyl groups is 1. The predicted octanol–water partition coefficient (Wildman–Crippen LogP) is 2.80. The van der Waals surface area contributed by atoms with Crippen LogP contribution >= 0.6 is 0 Å². The molecule has 4 rings (SSSR count). The van der Waals surface area contributed by atoms with E-state index in [9.17, 15) is 5.11 Å². The molecule has 3 aromatic rings. The van der Waals surface area contributed by atoms with Crippen LogP contribution in [0.1, 0.15) is 16.8 Å². The van der Waals surface area contributed by atoms with Gasteiger partial charge in [-0.25, -0.2) is 9.97 Å². The zero-order chi connectivity index (χ0) is 18.6. The Labute approximate surface area is 158 Å². The maximum absolute atomic E-state index is 9.33. The molecule has 0 fully saturated rings. The third kappa shape index (κ3) is 3.90. The molecule has 0 saturated carbocycles. The topological polar surface area (TPSA) is 80.2 Å². The summed E-state index contributed by atoms with van der Waals surface area (Å²) >= 11 is 0. The first-order valence-electron chi connectivity index (χ1n) is 9.10. The molecule has 1 aliphatic heterocycles. The maximum atomic E-state index is 9.33. The minimum Gasteiger partial charge on any atom is -0.487 e. The van der Waals surface area contributed by atoms with Crippen LogP contribution in [-0.4, -0.2) is 39.3 Å². The van der Waals surface area contributed by atoms with Crippen molar-refractivity contribution < 1.29 is 9.84 Å². The lowest BCUT2D eigenvalue weighted by atomic mass is 10.0. The monoisotopic (exact) mass is 362 g/mol. The molecule has 0 spiro atoms. The number of rotatable bonds is 6. The van der Waals surface area contributed by atoms with Gasteiger partial charge in [0.1, 0.15) is 24.0 Å². The number of nitrogens with zero attached hydrogens (tertiary/aromatic N) is 3. The number of fused-ring (bicyclic) bond motifs is 1. The largest absolute Gasteiger partial charge is 0.487 e. The van der Waals surface area contributed by atoms with E-state index in [2.05, 4.69) is 32.4 Å². The standard InChI is InChI=1S/C21H22N4O2/c1-14-5-6-17(11-23-14)19-10-20(25-13-24-19)22-8-7-15-3-2-4-16-9-18(12-26)27-21(15)16/h2-6,10-11,13,18,26H,7-9,12H2,1H3,(H,22,24,25)/t18-/m0/s1. The van der Waals surface area contributed by atoms with Gasteiger partial charge in [-0.3, -0.25) is 4.98 Å². The molecule has 6 heteroatoms. The van der Waals surface area contributed by atoms with Crippen LogP contribution in [0.25, 0.3) is 11.3 Å². The van der Waals surface area contributed by atoms with E-state index in [0.29, 0.717) is 0 Å². The molecular weight excluding hydrogens is 340 g/mol. The number of hydrogen-bond donors (Lipinski definition) is 2. The summed E-state index contributed by atoms with van der Waals surface area (Å²) in [4.78, 5) is 13.0. The summed E-state index contributed by atoms with van der Waals surface area (Å²) in [6.07, 6.45) is 4.84. The van der Waals surface area contributed by atoms with E-state index in [-0.39, 0.29) is 12.7 Å². The summed E-state index contributed by atoms with van der Waals surface area (Å²) in [6, 6.07) is 12.1. The molecule has 138 valence electrons. The molecule has 0 unspecified atom stereocenters. The Morgan fingerprint density at radius 2 is 2.11 bits per heavy atom. The first-order chi connectivity index (χ1) is 13.2. The van der Waals surface area contributed by atoms with E-state index in [1.54, 1.807) is 6.33 Å². The van der Waals surface area contributed by atoms with Crippen LogP contribution in [0.2, 0.25) is 0 Å². The number of ether oxygens (including phenoxy) is 1. The molecule has 6 nitrogen and oxygen atoms in total. The van der Waals surface area contributed by atoms with E-state index in [0.717, 1.165) is 53.5 Å². The van der Waals surface area contributed by atoms with E-state index >= 15 is 0 Å². The quantitative estimate of drug-likeness (QED) is 0.702. The third-order valence-corrected chi connectivity index (χ3v) is 4.69. The highest BCUT2D eigenvalue weighted by molar-refractivity contribution is 5.61. The van der Waals surface area contributed by atoms with Crippen molar-refractivity contribution in [3.8, 4) is 17.0 Å². The fourth-order valence-electron chi connectivity index (χ4n) is 3.26. The molecule has 1 aliphatic rings. The van der Waals surface area contributed by atoms with Gasteiger partial charge in [0.25, 0.3) is 0 Å². The third-order valence-electron chi connectivity index (χ3n) is 4.69. The summed E-state index contributed by atoms with van der Waals surface area (Å²) < 4.78 is 5.87. The minimum absolute atomic E-state index is 0.0456. The number of pyridine rings is 1. The molecular formula is C21H22N4O2. The smallest absolute Gasteiger partial charge is 0.129 e. The molecule has 3 heterocycles. The van der Waals surface area contributed by atoms with Crippen LogP contribution in [0.5, 0.6) is 5.75 Å². The molecule has 2 aromatic heterocycles. The molecule has 0 amide bonds. The summed E-state index contributed by atoms with van der Waals surface area (Å²) in [7, 11) is 0. The fraction of sp³-hybridized carbons (Fsp3) is 0.286. The summed E-state index contributed by atoms with van der Waals surface area (Å²) in [5, 5.41) is 12.7. The van der Waals surface area contributed by atoms with E-state index < -0.39 is 0 Å². The van der Waals surface area contributed by atoms with Crippen molar-refractivity contribution in [2.75, 3.05) is 18.5 Å². The maximum Gasteiger partial charge on any atom is 0.129 e. The lowest BCUT2D eigenvalue weighted by Gasteiger charge is -2.11. The second-order valence-corrected chi connectivity index (χ2v) is 6.69. The van der Waals surface area contributed by atoms with Crippen LogP contribution in [0.4, 0.5) is 5.82 Å². The van der Waals surface area contributed by atoms with Gasteiger partial charge < -0.3 is 15.2 Å². The SMILES string of the molecule is Cc1ccc(-c2cc(NCCc3cccc4c3O[C@H](CO)C4)ncn2)cn1. The Morgan fingerprint density at radius 1 is 1.19 bits per heavy atom. The normalized spacial score (nSPS) is 15.3. The number of aliphatic hydroxyl groups excluding tert-OH is 1. The molecule has 0 radical (unpaired) electrons. The van der Waals surface area contributed by atoms with Crippen molar-refractivity contribution in [2.24, 2.45) is 0 Å². The first kappa shape index (κ1) is 17.4. The molecule has 1 aromatic carbocycles. The summed E-state index contributed by atoms with van der Waals surface area (Å²) in [5.41, 5.74) is 5.10. The zero-order valence-corrected chi connectivity index (χ0v) is 15.2. The van der Waals surface area contributed by atoms with Crippen molar-refractivity contribution in [1.82, 2.24) is 15.0 Å². The van der Waals surface area contributed by atoms with Crippen LogP contribution in [0, 0.1) is 6.92 Å². The summed E-state index contributed by atoms with van der Waals surface area (Å²) in [5.74, 6) is 1.70. The molecule has 0 bridgehead atoms. The van der Waals surface area contributed by atoms with Gasteiger partial charge in [0.15, 0.2) is 0 Å². The number of para-hydroxylation sites is 1. The Morgan fingerprint density at radius 3 is 2.93 bits per heavy atom. The van der Waals surface area contributed by atoms with Gasteiger partial charge in [0.05, 0.1) is 12.3 Å². The fourth-order valence-corrected chi connectivity index (χ4v) is 3.26. The highest BCUT2D eigenvalue weighted by Crippen LogP contribution is 2.32. The van der Waals surface area contributed by atoms with Crippen LogP contribution < -0.4 is 10.1 Å². The second-order valence-electron chi connectivity index (χ2n) is 6.69. The molecule has 27 heavy (non-hydrogen) atoms. The van der Waals surface area contributed by atoms with Crippen molar-refractivity contribution >= 4 is 5.82 Å². The lowest BCUT2D eigenvalue weighted by Crippen LogP contribution is -2.17. The molecule has 0 saturated heterocycles. The van der Waals surface area contributed by atoms with Crippen molar-refractivity contribution in [2.45, 2.75) is 25.9 Å². The van der Waals surface area contributed by atoms with Gasteiger partial charge in [0.2, 0.25) is 0 Å². The van der Waals surface area contributed by atoms with Gasteiger partial charge in [-0.05, 0) is 36.6 Å². The van der Waals surface area contributed by atoms with E-state index in [4.69, 9.17) is 4.74 Å². The number of aryl methyl sites for hydroxylation is 1. The number of aromatic nitrogens is 3. The number of anilines is 1. The number of hydrogen-bond acceptors (Lipinski definition) is 6. The van der Waals surface area contributed by atoms with E-state index in [1.807, 2.05) is 37.4 Å². The Kier molecular flexibility index (Phi) is 4.98. The average Bonchev–Trinajstić information content (AvgIpc) is 3.13. The Bertz CT molecular complexity index is 928. The van der Waals surface area contributed by atoms with Gasteiger partial charge in [0, 0.05) is 36.5 Å². The van der Waals surface area contributed by atoms with Crippen molar-refractivity contribution in [3.05, 3.63) is 65.7 Å². The van der Waals surface area contributed by atoms with E-state index in [1.165, 1.54) is 5.56 Å². The number of benzene rings is 1. The second kappa shape index (κ2) is 7.72. The lowest BCUT2D eigenvalue weighted by molar-refractivity contribution is 0.134. The molecule has 0 aliphatic carbocycles. The first-order valence-corrected chi connectivity index (χ1v) is 9.10. The number of nitrogens with one attached hydrogen (secondary N) is 1. The highest BCUT2D eigenvalue weighted by atomic mass is 16.5. The molecule has 1 atom stereocenters. The van der Waals surface area contributed by atoms with Crippen molar-refractivity contribution in [3.63, 3.8) is 0 Å². The van der Waals surface area contributed by atoms with Gasteiger partial charge in [-0.15, -0.1) is 0 Å². The highest BCUT2D eigenvalue weighted by Gasteiger charge is 2.24. The zero-order valence-electron chi connectivity index (χ0n) is 15.2. The predicted molar refractivity (Wildman–Crippen MR) is 104 cm³/mol.